The predicted octanol–water partition coefficient (Wildman–Crippen LogP) is 9.00. The summed E-state index contributed by atoms with van der Waals surface area (Å²) in [6.07, 6.45) is 9.15. The second-order valence-electron chi connectivity index (χ2n) is 13.5. The van der Waals surface area contributed by atoms with Crippen LogP contribution < -0.4 is 18.9 Å². The topological polar surface area (TPSA) is 169 Å². The van der Waals surface area contributed by atoms with E-state index in [0.29, 0.717) is 37.9 Å². The first-order valence-electron chi connectivity index (χ1n) is 19.6. The third-order valence-corrected chi connectivity index (χ3v) is 9.36. The Hall–Kier alpha value is -6.76. The number of aromatic nitrogens is 1. The summed E-state index contributed by atoms with van der Waals surface area (Å²) in [5.74, 6) is -3.34. The largest absolute Gasteiger partial charge is 0.494 e. The molecule has 0 radical (unpaired) electrons. The van der Waals surface area contributed by atoms with E-state index in [1.54, 1.807) is 55.5 Å². The Balaban J connectivity index is 1.16. The summed E-state index contributed by atoms with van der Waals surface area (Å²) in [7, 11) is 0. The number of fused-ring (bicyclic) bond motifs is 2. The number of benzene rings is 4. The SMILES string of the molecule is C=CC(=O)OCCCCCCOc1ccc2cc(C(=O)Oc3c(OC(=O)c4ccc5cc(OCCCCCCOC(=O)C=C)ccc5c4)c(O)n(CC)c3O)ccc2c1. The van der Waals surface area contributed by atoms with Crippen LogP contribution in [0.15, 0.2) is 98.1 Å². The lowest BCUT2D eigenvalue weighted by atomic mass is 10.1. The van der Waals surface area contributed by atoms with E-state index in [1.165, 1.54) is 0 Å². The molecule has 5 aromatic rings. The van der Waals surface area contributed by atoms with Gasteiger partial charge in [-0.2, -0.15) is 0 Å². The lowest BCUT2D eigenvalue weighted by Crippen LogP contribution is -2.12. The van der Waals surface area contributed by atoms with Crippen molar-refractivity contribution in [2.24, 2.45) is 0 Å². The van der Waals surface area contributed by atoms with Crippen molar-refractivity contribution in [3.05, 3.63) is 109 Å². The molecule has 0 saturated carbocycles. The zero-order valence-electron chi connectivity index (χ0n) is 33.1. The monoisotopic (exact) mass is 807 g/mol. The molecule has 0 bridgehead atoms. The van der Waals surface area contributed by atoms with Gasteiger partial charge in [-0.3, -0.25) is 4.57 Å². The van der Waals surface area contributed by atoms with Gasteiger partial charge in [-0.15, -0.1) is 0 Å². The van der Waals surface area contributed by atoms with Crippen molar-refractivity contribution < 1.29 is 57.8 Å². The predicted molar refractivity (Wildman–Crippen MR) is 221 cm³/mol. The van der Waals surface area contributed by atoms with Gasteiger partial charge < -0.3 is 38.6 Å². The highest BCUT2D eigenvalue weighted by atomic mass is 16.6. The Morgan fingerprint density at radius 3 is 1.31 bits per heavy atom. The summed E-state index contributed by atoms with van der Waals surface area (Å²) in [4.78, 5) is 49.0. The number of carbonyl (C=O) groups excluding carboxylic acids is 4. The van der Waals surface area contributed by atoms with Crippen molar-refractivity contribution in [3.8, 4) is 34.8 Å². The number of hydrogen-bond donors (Lipinski definition) is 2. The van der Waals surface area contributed by atoms with Crippen LogP contribution in [0.4, 0.5) is 0 Å². The minimum Gasteiger partial charge on any atom is -0.494 e. The fraction of sp³-hybridized carbons (Fsp3) is 0.304. The van der Waals surface area contributed by atoms with Crippen LogP contribution in [0.5, 0.6) is 34.8 Å². The summed E-state index contributed by atoms with van der Waals surface area (Å²) in [5, 5.41) is 25.0. The first-order chi connectivity index (χ1) is 28.6. The molecular formula is C46H49NO12. The molecule has 5 rings (SSSR count). The van der Waals surface area contributed by atoms with Crippen molar-refractivity contribution in [2.45, 2.75) is 64.8 Å². The number of ether oxygens (including phenoxy) is 6. The number of nitrogens with zero attached hydrogens (tertiary/aromatic N) is 1. The minimum absolute atomic E-state index is 0.0843. The van der Waals surface area contributed by atoms with Gasteiger partial charge in [-0.05, 0) is 128 Å². The van der Waals surface area contributed by atoms with E-state index in [-0.39, 0.29) is 17.7 Å². The number of hydrogen-bond acceptors (Lipinski definition) is 12. The van der Waals surface area contributed by atoms with E-state index in [2.05, 4.69) is 13.2 Å². The molecule has 59 heavy (non-hydrogen) atoms. The van der Waals surface area contributed by atoms with Crippen molar-refractivity contribution in [1.29, 1.82) is 0 Å². The van der Waals surface area contributed by atoms with E-state index in [0.717, 1.165) is 89.6 Å². The molecule has 1 aromatic heterocycles. The van der Waals surface area contributed by atoms with Crippen molar-refractivity contribution in [3.63, 3.8) is 0 Å². The van der Waals surface area contributed by atoms with E-state index in [1.807, 2.05) is 24.3 Å². The second kappa shape index (κ2) is 21.7. The standard InChI is InChI=1S/C46H49NO12/c1-4-39(48)56-25-13-9-7-11-23-54-37-21-19-31-27-35(17-15-33(31)29-37)45(52)58-41-42(44(51)47(6-3)43(41)50)59-46(53)36-18-16-34-30-38(22-20-32(34)28-36)55-24-12-8-10-14-26-57-40(49)5-2/h4-5,15-22,27-30,50-51H,1-2,6-14,23-26H2,3H3. The normalized spacial score (nSPS) is 10.9. The summed E-state index contributed by atoms with van der Waals surface area (Å²) in [6, 6.07) is 20.8. The van der Waals surface area contributed by atoms with Gasteiger partial charge in [0, 0.05) is 18.7 Å². The van der Waals surface area contributed by atoms with Gasteiger partial charge in [0.15, 0.2) is 0 Å². The zero-order valence-corrected chi connectivity index (χ0v) is 33.1. The third-order valence-electron chi connectivity index (χ3n) is 9.36. The van der Waals surface area contributed by atoms with Gasteiger partial charge in [0.05, 0.1) is 37.6 Å². The molecule has 13 nitrogen and oxygen atoms in total. The minimum atomic E-state index is -0.845. The Labute approximate surface area is 342 Å². The smallest absolute Gasteiger partial charge is 0.343 e. The quantitative estimate of drug-likeness (QED) is 0.0366. The number of rotatable bonds is 23. The number of carbonyl (C=O) groups is 4. The molecule has 0 saturated heterocycles. The molecule has 0 unspecified atom stereocenters. The maximum atomic E-state index is 13.4. The lowest BCUT2D eigenvalue weighted by molar-refractivity contribution is -0.138. The molecule has 2 N–H and O–H groups in total. The van der Waals surface area contributed by atoms with Crippen molar-refractivity contribution >= 4 is 45.4 Å². The molecule has 0 spiro atoms. The summed E-state index contributed by atoms with van der Waals surface area (Å²) in [6.45, 7) is 10.2. The summed E-state index contributed by atoms with van der Waals surface area (Å²) in [5.41, 5.74) is 0.318. The fourth-order valence-corrected chi connectivity index (χ4v) is 6.18. The molecule has 0 aliphatic heterocycles. The van der Waals surface area contributed by atoms with E-state index in [9.17, 15) is 29.4 Å². The maximum Gasteiger partial charge on any atom is 0.343 e. The van der Waals surface area contributed by atoms with Gasteiger partial charge >= 0.3 is 23.9 Å². The summed E-state index contributed by atoms with van der Waals surface area (Å²) >= 11 is 0. The Morgan fingerprint density at radius 2 is 0.915 bits per heavy atom. The summed E-state index contributed by atoms with van der Waals surface area (Å²) < 4.78 is 34.0. The number of esters is 4. The second-order valence-corrected chi connectivity index (χ2v) is 13.5. The third kappa shape index (κ3) is 12.1. The van der Waals surface area contributed by atoms with Gasteiger partial charge in [0.2, 0.25) is 23.3 Å². The fourth-order valence-electron chi connectivity index (χ4n) is 6.18. The molecule has 13 heteroatoms. The first-order valence-corrected chi connectivity index (χ1v) is 19.6. The molecule has 310 valence electrons. The molecular weight excluding hydrogens is 759 g/mol. The van der Waals surface area contributed by atoms with E-state index >= 15 is 0 Å². The van der Waals surface area contributed by atoms with Crippen LogP contribution in [0.3, 0.4) is 0 Å². The van der Waals surface area contributed by atoms with Crippen LogP contribution in [0.2, 0.25) is 0 Å². The molecule has 1 heterocycles. The molecule has 0 aliphatic carbocycles. The first kappa shape index (κ1) is 43.4. The van der Waals surface area contributed by atoms with Crippen LogP contribution in [-0.2, 0) is 25.6 Å². The molecule has 0 fully saturated rings. The highest BCUT2D eigenvalue weighted by Gasteiger charge is 2.30. The Kier molecular flexibility index (Phi) is 15.9. The molecule has 0 amide bonds. The Morgan fingerprint density at radius 1 is 0.542 bits per heavy atom. The van der Waals surface area contributed by atoms with Crippen LogP contribution >= 0.6 is 0 Å². The maximum absolute atomic E-state index is 13.4. The average Bonchev–Trinajstić information content (AvgIpc) is 3.47. The van der Waals surface area contributed by atoms with Crippen LogP contribution in [0.1, 0.15) is 79.0 Å². The van der Waals surface area contributed by atoms with Crippen molar-refractivity contribution in [2.75, 3.05) is 26.4 Å². The van der Waals surface area contributed by atoms with Gasteiger partial charge in [0.25, 0.3) is 0 Å². The number of unbranched alkanes of at least 4 members (excludes halogenated alkanes) is 6. The van der Waals surface area contributed by atoms with Crippen LogP contribution in [0, 0.1) is 0 Å². The lowest BCUT2D eigenvalue weighted by Gasteiger charge is -2.10. The highest BCUT2D eigenvalue weighted by Crippen LogP contribution is 2.48. The van der Waals surface area contributed by atoms with Crippen LogP contribution in [-0.4, -0.2) is 65.1 Å². The van der Waals surface area contributed by atoms with Gasteiger partial charge in [-0.1, -0.05) is 37.4 Å². The molecule has 0 aliphatic rings. The zero-order chi connectivity index (χ0) is 42.1. The van der Waals surface area contributed by atoms with E-state index in [4.69, 9.17) is 28.4 Å². The van der Waals surface area contributed by atoms with Crippen molar-refractivity contribution in [1.82, 2.24) is 4.57 Å². The molecule has 4 aromatic carbocycles. The Bertz CT molecular complexity index is 2130. The highest BCUT2D eigenvalue weighted by molar-refractivity contribution is 5.99. The number of aromatic hydroxyl groups is 2. The van der Waals surface area contributed by atoms with Gasteiger partial charge in [-0.25, -0.2) is 19.2 Å². The van der Waals surface area contributed by atoms with Gasteiger partial charge in [0.1, 0.15) is 11.5 Å². The van der Waals surface area contributed by atoms with Crippen LogP contribution in [0.25, 0.3) is 21.5 Å². The average molecular weight is 808 g/mol. The molecule has 0 atom stereocenters. The van der Waals surface area contributed by atoms with E-state index < -0.39 is 47.1 Å².